The topological polar surface area (TPSA) is 235 Å². The number of aliphatic carboxylic acids is 1. The summed E-state index contributed by atoms with van der Waals surface area (Å²) in [6, 6.07) is -4.67. The Morgan fingerprint density at radius 2 is 1.50 bits per heavy atom. The number of carbonyl (C=O) groups is 4. The highest BCUT2D eigenvalue weighted by Crippen LogP contribution is 2.07. The Bertz CT molecular complexity index is 672. The van der Waals surface area contributed by atoms with Crippen LogP contribution in [0.4, 0.5) is 0 Å². The molecule has 13 nitrogen and oxygen atoms in total. The SMILES string of the molecule is CC(C)CC(NC(=O)C(CCCN=C(N)N)NC(=O)C(CO)NC(=O)C(N)CS)C(=O)O. The van der Waals surface area contributed by atoms with Crippen molar-refractivity contribution in [3.8, 4) is 0 Å². The number of nitrogens with two attached hydrogens (primary N) is 3. The molecule has 0 aromatic heterocycles. The number of aliphatic hydroxyl groups excluding tert-OH is 1. The molecule has 4 atom stereocenters. The van der Waals surface area contributed by atoms with Crippen molar-refractivity contribution in [3.63, 3.8) is 0 Å². The molecule has 4 unspecified atom stereocenters. The molecule has 0 aromatic rings. The average molecular weight is 478 g/mol. The Balaban J connectivity index is 5.37. The van der Waals surface area contributed by atoms with Gasteiger partial charge in [-0.3, -0.25) is 19.4 Å². The fourth-order valence-corrected chi connectivity index (χ4v) is 2.73. The molecule has 0 radical (unpaired) electrons. The molecule has 0 bridgehead atoms. The van der Waals surface area contributed by atoms with Gasteiger partial charge in [-0.25, -0.2) is 4.79 Å². The molecular weight excluding hydrogens is 442 g/mol. The quantitative estimate of drug-likeness (QED) is 0.0501. The molecule has 0 heterocycles. The number of rotatable bonds is 15. The van der Waals surface area contributed by atoms with E-state index in [0.717, 1.165) is 0 Å². The van der Waals surface area contributed by atoms with Gasteiger partial charge in [0.05, 0.1) is 12.6 Å². The van der Waals surface area contributed by atoms with Gasteiger partial charge in [-0.2, -0.15) is 12.6 Å². The van der Waals surface area contributed by atoms with Crippen LogP contribution in [0.5, 0.6) is 0 Å². The standard InChI is InChI=1S/C18H35N7O6S/c1-9(2)6-12(17(30)31)24-15(28)11(4-3-5-22-18(20)21)23-16(29)13(7-26)25-14(27)10(19)8-32/h9-13,26,32H,3-8,19H2,1-2H3,(H,23,29)(H,24,28)(H,25,27)(H,30,31)(H4,20,21,22). The van der Waals surface area contributed by atoms with Crippen LogP contribution in [0.15, 0.2) is 4.99 Å². The molecule has 0 saturated carbocycles. The van der Waals surface area contributed by atoms with Gasteiger partial charge < -0.3 is 43.4 Å². The van der Waals surface area contributed by atoms with Gasteiger partial charge >= 0.3 is 5.97 Å². The molecular formula is C18H35N7O6S. The second-order valence-electron chi connectivity index (χ2n) is 7.57. The van der Waals surface area contributed by atoms with Crippen LogP contribution in [-0.2, 0) is 19.2 Å². The van der Waals surface area contributed by atoms with E-state index in [1.54, 1.807) is 13.8 Å². The summed E-state index contributed by atoms with van der Waals surface area (Å²) < 4.78 is 0. The first-order valence-electron chi connectivity index (χ1n) is 10.1. The zero-order valence-electron chi connectivity index (χ0n) is 18.3. The maximum Gasteiger partial charge on any atom is 0.326 e. The number of aliphatic imine (C=N–C) groups is 1. The first-order chi connectivity index (χ1) is 14.9. The number of thiol groups is 1. The maximum atomic E-state index is 12.7. The molecule has 32 heavy (non-hydrogen) atoms. The largest absolute Gasteiger partial charge is 0.480 e. The van der Waals surface area contributed by atoms with Gasteiger partial charge in [-0.1, -0.05) is 13.8 Å². The molecule has 14 heteroatoms. The van der Waals surface area contributed by atoms with Crippen molar-refractivity contribution in [1.82, 2.24) is 16.0 Å². The number of aliphatic hydroxyl groups is 1. The smallest absolute Gasteiger partial charge is 0.326 e. The third-order valence-electron chi connectivity index (χ3n) is 4.25. The van der Waals surface area contributed by atoms with E-state index in [4.69, 9.17) is 17.2 Å². The number of hydrogen-bond acceptors (Lipinski definition) is 8. The molecule has 184 valence electrons. The Morgan fingerprint density at radius 1 is 0.969 bits per heavy atom. The van der Waals surface area contributed by atoms with Crippen molar-refractivity contribution in [1.29, 1.82) is 0 Å². The molecule has 0 aromatic carbocycles. The van der Waals surface area contributed by atoms with Crippen molar-refractivity contribution in [2.24, 2.45) is 28.1 Å². The van der Waals surface area contributed by atoms with Crippen molar-refractivity contribution < 1.29 is 29.4 Å². The maximum absolute atomic E-state index is 12.7. The number of guanidine groups is 1. The zero-order valence-corrected chi connectivity index (χ0v) is 19.2. The van der Waals surface area contributed by atoms with Gasteiger partial charge in [0.2, 0.25) is 17.7 Å². The minimum Gasteiger partial charge on any atom is -0.480 e. The Labute approximate surface area is 192 Å². The monoisotopic (exact) mass is 477 g/mol. The normalized spacial score (nSPS) is 14.6. The highest BCUT2D eigenvalue weighted by atomic mass is 32.1. The lowest BCUT2D eigenvalue weighted by Crippen LogP contribution is -2.58. The lowest BCUT2D eigenvalue weighted by Gasteiger charge is -2.24. The predicted molar refractivity (Wildman–Crippen MR) is 122 cm³/mol. The number of carbonyl (C=O) groups excluding carboxylic acids is 3. The van der Waals surface area contributed by atoms with Gasteiger partial charge in [-0.15, -0.1) is 0 Å². The van der Waals surface area contributed by atoms with Gasteiger partial charge in [0, 0.05) is 12.3 Å². The Kier molecular flexibility index (Phi) is 14.0. The van der Waals surface area contributed by atoms with E-state index in [2.05, 4.69) is 33.6 Å². The molecule has 0 aliphatic rings. The van der Waals surface area contributed by atoms with Crippen molar-refractivity contribution >= 4 is 42.3 Å². The second-order valence-corrected chi connectivity index (χ2v) is 7.94. The van der Waals surface area contributed by atoms with Gasteiger partial charge in [-0.05, 0) is 25.2 Å². The summed E-state index contributed by atoms with van der Waals surface area (Å²) in [7, 11) is 0. The Hall–Kier alpha value is -2.58. The van der Waals surface area contributed by atoms with Crippen LogP contribution in [-0.4, -0.2) is 82.9 Å². The van der Waals surface area contributed by atoms with Crippen LogP contribution >= 0.6 is 12.6 Å². The van der Waals surface area contributed by atoms with Gasteiger partial charge in [0.1, 0.15) is 18.1 Å². The first kappa shape index (κ1) is 29.4. The van der Waals surface area contributed by atoms with E-state index in [-0.39, 0.29) is 37.0 Å². The van der Waals surface area contributed by atoms with Gasteiger partial charge in [0.25, 0.3) is 0 Å². The number of nitrogens with one attached hydrogen (secondary N) is 3. The van der Waals surface area contributed by atoms with E-state index in [1.165, 1.54) is 0 Å². The highest BCUT2D eigenvalue weighted by Gasteiger charge is 2.30. The molecule has 0 spiro atoms. The highest BCUT2D eigenvalue weighted by molar-refractivity contribution is 7.80. The number of carboxylic acids is 1. The van der Waals surface area contributed by atoms with E-state index < -0.39 is 54.5 Å². The van der Waals surface area contributed by atoms with Crippen LogP contribution in [0.3, 0.4) is 0 Å². The fraction of sp³-hybridized carbons (Fsp3) is 0.722. The third kappa shape index (κ3) is 11.7. The first-order valence-corrected chi connectivity index (χ1v) is 10.7. The summed E-state index contributed by atoms with van der Waals surface area (Å²) in [5.74, 6) is -3.60. The number of carboxylic acid groups (broad SMARTS) is 1. The number of hydrogen-bond donors (Lipinski definition) is 9. The van der Waals surface area contributed by atoms with Crippen LogP contribution in [0.1, 0.15) is 33.1 Å². The molecule has 11 N–H and O–H groups in total. The van der Waals surface area contributed by atoms with Crippen molar-refractivity contribution in [2.45, 2.75) is 57.3 Å². The molecule has 3 amide bonds. The summed E-state index contributed by atoms with van der Waals surface area (Å²) in [6.45, 7) is 3.04. The molecule has 0 fully saturated rings. The summed E-state index contributed by atoms with van der Waals surface area (Å²) in [4.78, 5) is 52.5. The van der Waals surface area contributed by atoms with Crippen LogP contribution in [0.25, 0.3) is 0 Å². The summed E-state index contributed by atoms with van der Waals surface area (Å²) in [5.41, 5.74) is 16.1. The summed E-state index contributed by atoms with van der Waals surface area (Å²) >= 11 is 3.90. The summed E-state index contributed by atoms with van der Waals surface area (Å²) in [6.07, 6.45) is 0.552. The van der Waals surface area contributed by atoms with Crippen LogP contribution < -0.4 is 33.2 Å². The third-order valence-corrected chi connectivity index (χ3v) is 4.64. The van der Waals surface area contributed by atoms with Crippen LogP contribution in [0.2, 0.25) is 0 Å². The summed E-state index contributed by atoms with van der Waals surface area (Å²) in [5, 5.41) is 26.0. The molecule has 0 saturated heterocycles. The number of nitrogens with zero attached hydrogens (tertiary/aromatic N) is 1. The predicted octanol–water partition coefficient (Wildman–Crippen LogP) is -3.13. The second kappa shape index (κ2) is 15.3. The van der Waals surface area contributed by atoms with E-state index in [0.29, 0.717) is 6.42 Å². The molecule has 0 aliphatic heterocycles. The lowest BCUT2D eigenvalue weighted by atomic mass is 10.0. The fourth-order valence-electron chi connectivity index (χ4n) is 2.57. The van der Waals surface area contributed by atoms with Crippen LogP contribution in [0, 0.1) is 5.92 Å². The minimum absolute atomic E-state index is 0.00340. The van der Waals surface area contributed by atoms with Crippen molar-refractivity contribution in [3.05, 3.63) is 0 Å². The molecule has 0 aliphatic carbocycles. The minimum atomic E-state index is -1.37. The molecule has 0 rings (SSSR count). The van der Waals surface area contributed by atoms with E-state index in [1.807, 2.05) is 0 Å². The average Bonchev–Trinajstić information content (AvgIpc) is 2.71. The zero-order chi connectivity index (χ0) is 24.8. The van der Waals surface area contributed by atoms with E-state index >= 15 is 0 Å². The lowest BCUT2D eigenvalue weighted by molar-refractivity contribution is -0.143. The Morgan fingerprint density at radius 3 is 1.97 bits per heavy atom. The van der Waals surface area contributed by atoms with Crippen molar-refractivity contribution in [2.75, 3.05) is 18.9 Å². The van der Waals surface area contributed by atoms with E-state index in [9.17, 15) is 29.4 Å². The number of amides is 3. The van der Waals surface area contributed by atoms with Gasteiger partial charge in [0.15, 0.2) is 5.96 Å².